The molecule has 1 heterocycles. The summed E-state index contributed by atoms with van der Waals surface area (Å²) in [5.74, 6) is 2.07. The van der Waals surface area contributed by atoms with Crippen LogP contribution in [0.5, 0.6) is 0 Å². The van der Waals surface area contributed by atoms with Crippen molar-refractivity contribution in [2.24, 2.45) is 13.0 Å². The van der Waals surface area contributed by atoms with Crippen LogP contribution in [0.15, 0.2) is 0 Å². The smallest absolute Gasteiger partial charge is 0.150 e. The van der Waals surface area contributed by atoms with Crippen molar-refractivity contribution in [1.29, 1.82) is 0 Å². The average molecular weight is 238 g/mol. The molecule has 0 amide bonds. The average Bonchev–Trinajstić information content (AvgIpc) is 2.54. The lowest BCUT2D eigenvalue weighted by Crippen LogP contribution is -2.26. The summed E-state index contributed by atoms with van der Waals surface area (Å²) < 4.78 is 1.90. The van der Waals surface area contributed by atoms with Crippen LogP contribution in [0.3, 0.4) is 0 Å². The van der Waals surface area contributed by atoms with Gasteiger partial charge in [-0.2, -0.15) is 5.10 Å². The largest absolute Gasteiger partial charge is 0.394 e. The Morgan fingerprint density at radius 1 is 1.35 bits per heavy atom. The van der Waals surface area contributed by atoms with Gasteiger partial charge in [0.15, 0.2) is 0 Å². The Morgan fingerprint density at radius 2 is 1.94 bits per heavy atom. The van der Waals surface area contributed by atoms with Gasteiger partial charge in [0.05, 0.1) is 11.4 Å². The van der Waals surface area contributed by atoms with Crippen LogP contribution in [0.1, 0.15) is 45.7 Å². The molecule has 2 N–H and O–H groups in total. The molecule has 0 saturated carbocycles. The first-order valence-corrected chi connectivity index (χ1v) is 6.41. The van der Waals surface area contributed by atoms with E-state index in [9.17, 15) is 0 Å². The number of hydrogen-bond acceptors (Lipinski definition) is 3. The standard InChI is InChI=1S/C13H26N4/c1-7-10(4)8-16(5)13-11(14)12(9(2)3)15-17(13)6/h9-10H,7-8,14H2,1-6H3. The van der Waals surface area contributed by atoms with Crippen LogP contribution in [0.25, 0.3) is 0 Å². The summed E-state index contributed by atoms with van der Waals surface area (Å²) in [5, 5.41) is 4.51. The van der Waals surface area contributed by atoms with Gasteiger partial charge in [0.1, 0.15) is 5.82 Å². The summed E-state index contributed by atoms with van der Waals surface area (Å²) >= 11 is 0. The van der Waals surface area contributed by atoms with Crippen LogP contribution in [0.2, 0.25) is 0 Å². The summed E-state index contributed by atoms with van der Waals surface area (Å²) in [6.07, 6.45) is 1.18. The molecule has 0 radical (unpaired) electrons. The quantitative estimate of drug-likeness (QED) is 0.857. The Morgan fingerprint density at radius 3 is 2.35 bits per heavy atom. The van der Waals surface area contributed by atoms with Crippen LogP contribution < -0.4 is 10.6 Å². The van der Waals surface area contributed by atoms with Gasteiger partial charge in [-0.1, -0.05) is 34.1 Å². The minimum absolute atomic E-state index is 0.368. The van der Waals surface area contributed by atoms with Gasteiger partial charge in [0.25, 0.3) is 0 Å². The van der Waals surface area contributed by atoms with E-state index >= 15 is 0 Å². The number of rotatable bonds is 5. The van der Waals surface area contributed by atoms with E-state index in [-0.39, 0.29) is 0 Å². The Hall–Kier alpha value is -1.19. The van der Waals surface area contributed by atoms with E-state index in [0.717, 1.165) is 23.7 Å². The fraction of sp³-hybridized carbons (Fsp3) is 0.769. The zero-order valence-electron chi connectivity index (χ0n) is 12.0. The van der Waals surface area contributed by atoms with Gasteiger partial charge in [-0.3, -0.25) is 4.68 Å². The summed E-state index contributed by atoms with van der Waals surface area (Å²) in [6, 6.07) is 0. The second-order valence-corrected chi connectivity index (χ2v) is 5.29. The van der Waals surface area contributed by atoms with Crippen molar-refractivity contribution in [1.82, 2.24) is 9.78 Å². The lowest BCUT2D eigenvalue weighted by atomic mass is 10.1. The summed E-state index contributed by atoms with van der Waals surface area (Å²) in [7, 11) is 4.05. The molecule has 0 bridgehead atoms. The van der Waals surface area contributed by atoms with Crippen molar-refractivity contribution in [2.75, 3.05) is 24.2 Å². The molecule has 1 atom stereocenters. The molecule has 0 aliphatic carbocycles. The first kappa shape index (κ1) is 13.9. The highest BCUT2D eigenvalue weighted by Crippen LogP contribution is 2.30. The van der Waals surface area contributed by atoms with E-state index < -0.39 is 0 Å². The maximum Gasteiger partial charge on any atom is 0.150 e. The normalized spacial score (nSPS) is 13.1. The predicted octanol–water partition coefficient (Wildman–Crippen LogP) is 2.61. The molecule has 0 aromatic carbocycles. The minimum atomic E-state index is 0.368. The van der Waals surface area contributed by atoms with Crippen molar-refractivity contribution < 1.29 is 0 Å². The van der Waals surface area contributed by atoms with Gasteiger partial charge in [0.2, 0.25) is 0 Å². The number of hydrogen-bond donors (Lipinski definition) is 1. The second kappa shape index (κ2) is 5.43. The molecule has 0 aliphatic heterocycles. The van der Waals surface area contributed by atoms with Crippen molar-refractivity contribution in [3.8, 4) is 0 Å². The molecule has 4 heteroatoms. The van der Waals surface area contributed by atoms with Crippen LogP contribution in [0, 0.1) is 5.92 Å². The number of aromatic nitrogens is 2. The number of aryl methyl sites for hydroxylation is 1. The Balaban J connectivity index is 2.97. The Kier molecular flexibility index (Phi) is 4.43. The number of anilines is 2. The molecule has 4 nitrogen and oxygen atoms in total. The Labute approximate surface area is 105 Å². The number of nitrogens with zero attached hydrogens (tertiary/aromatic N) is 3. The van der Waals surface area contributed by atoms with Crippen molar-refractivity contribution >= 4 is 11.5 Å². The van der Waals surface area contributed by atoms with Crippen molar-refractivity contribution in [3.63, 3.8) is 0 Å². The Bertz CT molecular complexity index is 368. The van der Waals surface area contributed by atoms with E-state index in [1.54, 1.807) is 0 Å². The highest BCUT2D eigenvalue weighted by molar-refractivity contribution is 5.66. The lowest BCUT2D eigenvalue weighted by Gasteiger charge is -2.23. The first-order valence-electron chi connectivity index (χ1n) is 6.41. The molecule has 1 aromatic heterocycles. The molecule has 0 saturated heterocycles. The van der Waals surface area contributed by atoms with E-state index in [0.29, 0.717) is 11.8 Å². The monoisotopic (exact) mass is 238 g/mol. The highest BCUT2D eigenvalue weighted by atomic mass is 15.4. The molecule has 98 valence electrons. The molecule has 0 fully saturated rings. The zero-order chi connectivity index (χ0) is 13.2. The van der Waals surface area contributed by atoms with E-state index in [2.05, 4.69) is 44.7 Å². The van der Waals surface area contributed by atoms with Crippen molar-refractivity contribution in [3.05, 3.63) is 5.69 Å². The third-order valence-electron chi connectivity index (χ3n) is 3.27. The fourth-order valence-corrected chi connectivity index (χ4v) is 2.11. The van der Waals surface area contributed by atoms with Crippen LogP contribution in [0.4, 0.5) is 11.5 Å². The number of nitrogens with two attached hydrogens (primary N) is 1. The van der Waals surface area contributed by atoms with E-state index in [4.69, 9.17) is 5.73 Å². The third-order valence-corrected chi connectivity index (χ3v) is 3.27. The zero-order valence-corrected chi connectivity index (χ0v) is 12.0. The van der Waals surface area contributed by atoms with Gasteiger partial charge in [-0.15, -0.1) is 0 Å². The SMILES string of the molecule is CCC(C)CN(C)c1c(N)c(C(C)C)nn1C. The molecule has 1 rings (SSSR count). The number of nitrogen functional groups attached to an aromatic ring is 1. The first-order chi connectivity index (χ1) is 7.88. The minimum Gasteiger partial charge on any atom is -0.394 e. The predicted molar refractivity (Wildman–Crippen MR) is 74.4 cm³/mol. The molecule has 0 aliphatic rings. The molecule has 17 heavy (non-hydrogen) atoms. The third kappa shape index (κ3) is 2.93. The molecular weight excluding hydrogens is 212 g/mol. The van der Waals surface area contributed by atoms with Gasteiger partial charge >= 0.3 is 0 Å². The second-order valence-electron chi connectivity index (χ2n) is 5.29. The van der Waals surface area contributed by atoms with Gasteiger partial charge < -0.3 is 10.6 Å². The molecule has 1 unspecified atom stereocenters. The van der Waals surface area contributed by atoms with Gasteiger partial charge in [0, 0.05) is 20.6 Å². The van der Waals surface area contributed by atoms with Crippen LogP contribution in [-0.4, -0.2) is 23.4 Å². The topological polar surface area (TPSA) is 47.1 Å². The maximum absolute atomic E-state index is 6.20. The van der Waals surface area contributed by atoms with Crippen molar-refractivity contribution in [2.45, 2.75) is 40.0 Å². The van der Waals surface area contributed by atoms with Gasteiger partial charge in [-0.05, 0) is 11.8 Å². The van der Waals surface area contributed by atoms with E-state index in [1.165, 1.54) is 6.42 Å². The summed E-state index contributed by atoms with van der Waals surface area (Å²) in [4.78, 5) is 2.21. The summed E-state index contributed by atoms with van der Waals surface area (Å²) in [6.45, 7) is 9.73. The molecule has 0 spiro atoms. The van der Waals surface area contributed by atoms with Crippen LogP contribution in [-0.2, 0) is 7.05 Å². The van der Waals surface area contributed by atoms with Gasteiger partial charge in [-0.25, -0.2) is 0 Å². The highest BCUT2D eigenvalue weighted by Gasteiger charge is 2.19. The summed E-state index contributed by atoms with van der Waals surface area (Å²) in [5.41, 5.74) is 8.02. The van der Waals surface area contributed by atoms with E-state index in [1.807, 2.05) is 11.7 Å². The molecule has 1 aromatic rings. The maximum atomic E-state index is 6.20. The lowest BCUT2D eigenvalue weighted by molar-refractivity contribution is 0.551. The molecular formula is C13H26N4. The van der Waals surface area contributed by atoms with Crippen LogP contribution >= 0.6 is 0 Å². The fourth-order valence-electron chi connectivity index (χ4n) is 2.11.